The molecule has 0 spiro atoms. The van der Waals surface area contributed by atoms with Crippen molar-refractivity contribution in [2.75, 3.05) is 11.4 Å². The second-order valence-corrected chi connectivity index (χ2v) is 13.5. The van der Waals surface area contributed by atoms with E-state index in [0.29, 0.717) is 46.2 Å². The molecular formula is C36H32N3O8S+. The predicted molar refractivity (Wildman–Crippen MR) is 175 cm³/mol. The molecule has 7 rings (SSSR count). The quantitative estimate of drug-likeness (QED) is 0.188. The Bertz CT molecular complexity index is 2230. The summed E-state index contributed by atoms with van der Waals surface area (Å²) in [7, 11) is -1.15. The fraction of sp³-hybridized carbons (Fsp3) is 0.222. The number of aryl methyl sites for hydroxylation is 2. The molecule has 2 aliphatic rings. The van der Waals surface area contributed by atoms with Crippen molar-refractivity contribution in [2.24, 2.45) is 7.05 Å². The van der Waals surface area contributed by atoms with Gasteiger partial charge in [0.15, 0.2) is 0 Å². The van der Waals surface area contributed by atoms with Gasteiger partial charge in [-0.3, -0.25) is 9.59 Å². The number of anilines is 1. The standard InChI is InChI=1S/C36H32N3O8S/c1-37-31-6-4-3-5-28(31)34(29-21-22-46-36(29)37)35(42)39(25-12-14-26(45-2)15-13-25)48(43,44)27-16-7-23(8-17-27)9-20-33(41)47-38-30(24-10-11-24)18-19-32(38)40/h3-8,12-17,21-22H,9-11,18-20H2,1-2H3/q+1. The van der Waals surface area contributed by atoms with Gasteiger partial charge in [-0.25, -0.2) is 13.2 Å². The van der Waals surface area contributed by atoms with E-state index in [1.165, 1.54) is 37.6 Å². The summed E-state index contributed by atoms with van der Waals surface area (Å²) in [5, 5.41) is 2.16. The molecular weight excluding hydrogens is 634 g/mol. The third-order valence-corrected chi connectivity index (χ3v) is 10.4. The lowest BCUT2D eigenvalue weighted by Gasteiger charge is -2.23. The summed E-state index contributed by atoms with van der Waals surface area (Å²) in [4.78, 5) is 44.8. The van der Waals surface area contributed by atoms with Crippen LogP contribution in [0.3, 0.4) is 0 Å². The summed E-state index contributed by atoms with van der Waals surface area (Å²) >= 11 is 0. The number of rotatable bonds is 9. The van der Waals surface area contributed by atoms with Crippen LogP contribution in [0, 0.1) is 0 Å². The Morgan fingerprint density at radius 3 is 2.35 bits per heavy atom. The topological polar surface area (TPSA) is 127 Å². The van der Waals surface area contributed by atoms with Crippen LogP contribution in [0.15, 0.2) is 106 Å². The minimum atomic E-state index is -4.47. The largest absolute Gasteiger partial charge is 0.497 e. The number of carbonyl (C=O) groups is 3. The molecule has 0 atom stereocenters. The Morgan fingerprint density at radius 1 is 0.917 bits per heavy atom. The van der Waals surface area contributed by atoms with Crippen molar-refractivity contribution in [3.8, 4) is 5.75 Å². The van der Waals surface area contributed by atoms with Gasteiger partial charge in [-0.05, 0) is 78.9 Å². The summed E-state index contributed by atoms with van der Waals surface area (Å²) in [5.74, 6) is -1.04. The summed E-state index contributed by atoms with van der Waals surface area (Å²) in [5.41, 5.74) is 4.04. The molecule has 1 saturated heterocycles. The van der Waals surface area contributed by atoms with E-state index in [-0.39, 0.29) is 34.9 Å². The number of furan rings is 1. The van der Waals surface area contributed by atoms with Gasteiger partial charge in [-0.1, -0.05) is 24.3 Å². The number of hydrogen-bond acceptors (Lipinski definition) is 8. The van der Waals surface area contributed by atoms with E-state index in [2.05, 4.69) is 0 Å². The van der Waals surface area contributed by atoms with Crippen molar-refractivity contribution in [2.45, 2.75) is 43.4 Å². The Labute approximate surface area is 276 Å². The summed E-state index contributed by atoms with van der Waals surface area (Å²) < 4.78 is 42.4. The fourth-order valence-electron chi connectivity index (χ4n) is 6.08. The molecule has 11 nitrogen and oxygen atoms in total. The number of amides is 2. The Morgan fingerprint density at radius 2 is 1.65 bits per heavy atom. The number of methoxy groups -OCH3 is 1. The highest BCUT2D eigenvalue weighted by atomic mass is 32.2. The number of nitrogens with zero attached hydrogens (tertiary/aromatic N) is 3. The van der Waals surface area contributed by atoms with Gasteiger partial charge in [-0.15, -0.1) is 5.06 Å². The minimum Gasteiger partial charge on any atom is -0.497 e. The molecule has 2 fully saturated rings. The van der Waals surface area contributed by atoms with Gasteiger partial charge in [0.2, 0.25) is 5.52 Å². The lowest BCUT2D eigenvalue weighted by Crippen LogP contribution is -2.38. The van der Waals surface area contributed by atoms with Crippen molar-refractivity contribution in [1.82, 2.24) is 5.06 Å². The predicted octanol–water partition coefficient (Wildman–Crippen LogP) is 5.52. The monoisotopic (exact) mass is 666 g/mol. The first-order valence-electron chi connectivity index (χ1n) is 15.5. The van der Waals surface area contributed by atoms with Crippen molar-refractivity contribution < 1.29 is 41.4 Å². The normalized spacial score (nSPS) is 14.5. The second-order valence-electron chi connectivity index (χ2n) is 11.7. The molecule has 2 aromatic heterocycles. The Balaban J connectivity index is 1.19. The van der Waals surface area contributed by atoms with Crippen LogP contribution < -0.4 is 13.6 Å². The lowest BCUT2D eigenvalue weighted by atomic mass is 10.0. The molecule has 1 saturated carbocycles. The molecule has 244 valence electrons. The molecule has 0 bridgehead atoms. The van der Waals surface area contributed by atoms with Crippen molar-refractivity contribution in [1.29, 1.82) is 0 Å². The zero-order chi connectivity index (χ0) is 33.6. The molecule has 5 aromatic rings. The first-order chi connectivity index (χ1) is 23.2. The molecule has 1 aliphatic heterocycles. The molecule has 12 heteroatoms. The zero-order valence-corrected chi connectivity index (χ0v) is 27.2. The number of allylic oxidation sites excluding steroid dienone is 2. The Kier molecular flexibility index (Phi) is 7.96. The molecule has 1 aliphatic carbocycles. The number of pyridine rings is 1. The number of benzene rings is 3. The molecule has 3 aromatic carbocycles. The SMILES string of the molecule is COc1ccc(N(C(=O)c2c3ccccc3[n+](C)c3occc23)S(=O)(=O)c2ccc(CCC(=O)ON3C(=O)CCC3=C3CC3)cc2)cc1. The van der Waals surface area contributed by atoms with Gasteiger partial charge < -0.3 is 14.0 Å². The van der Waals surface area contributed by atoms with Crippen LogP contribution in [0.1, 0.15) is 48.0 Å². The molecule has 0 unspecified atom stereocenters. The summed E-state index contributed by atoms with van der Waals surface area (Å²) in [6.45, 7) is 0. The van der Waals surface area contributed by atoms with E-state index in [4.69, 9.17) is 14.0 Å². The van der Waals surface area contributed by atoms with Gasteiger partial charge in [0, 0.05) is 18.9 Å². The number of sulfonamides is 1. The van der Waals surface area contributed by atoms with Crippen molar-refractivity contribution >= 4 is 55.5 Å². The van der Waals surface area contributed by atoms with E-state index in [1.807, 2.05) is 23.7 Å². The smallest absolute Gasteiger partial charge is 0.381 e. The Hall–Kier alpha value is -5.49. The van der Waals surface area contributed by atoms with Crippen molar-refractivity contribution in [3.63, 3.8) is 0 Å². The highest BCUT2D eigenvalue weighted by Crippen LogP contribution is 2.39. The van der Waals surface area contributed by atoms with E-state index in [1.54, 1.807) is 42.5 Å². The van der Waals surface area contributed by atoms with E-state index in [0.717, 1.165) is 33.5 Å². The first-order valence-corrected chi connectivity index (χ1v) is 17.0. The molecule has 0 radical (unpaired) electrons. The third kappa shape index (κ3) is 5.57. The average molecular weight is 667 g/mol. The molecule has 0 N–H and O–H groups in total. The average Bonchev–Trinajstić information content (AvgIpc) is 3.71. The van der Waals surface area contributed by atoms with Crippen LogP contribution in [-0.4, -0.2) is 38.4 Å². The number of aromatic nitrogens is 1. The summed E-state index contributed by atoms with van der Waals surface area (Å²) in [6, 6.07) is 21.1. The maximum absolute atomic E-state index is 14.6. The third-order valence-electron chi connectivity index (χ3n) is 8.69. The van der Waals surface area contributed by atoms with Gasteiger partial charge in [0.1, 0.15) is 18.2 Å². The second kappa shape index (κ2) is 12.3. The number of hydrogen-bond donors (Lipinski definition) is 0. The van der Waals surface area contributed by atoms with Crippen LogP contribution in [0.4, 0.5) is 5.69 Å². The number of carbonyl (C=O) groups excluding carboxylic acids is 3. The number of hydroxylamine groups is 2. The van der Waals surface area contributed by atoms with Crippen LogP contribution in [-0.2, 0) is 37.9 Å². The van der Waals surface area contributed by atoms with Crippen LogP contribution >= 0.6 is 0 Å². The number of fused-ring (bicyclic) bond motifs is 2. The molecule has 3 heterocycles. The zero-order valence-electron chi connectivity index (χ0n) is 26.3. The van der Waals surface area contributed by atoms with Gasteiger partial charge >= 0.3 is 11.7 Å². The highest BCUT2D eigenvalue weighted by Gasteiger charge is 2.37. The van der Waals surface area contributed by atoms with Gasteiger partial charge in [0.05, 0.1) is 47.0 Å². The maximum atomic E-state index is 14.6. The van der Waals surface area contributed by atoms with Crippen LogP contribution in [0.5, 0.6) is 5.75 Å². The number of ether oxygens (including phenoxy) is 1. The van der Waals surface area contributed by atoms with Crippen LogP contribution in [0.2, 0.25) is 0 Å². The fourth-order valence-corrected chi connectivity index (χ4v) is 7.48. The molecule has 2 amide bonds. The van der Waals surface area contributed by atoms with E-state index >= 15 is 0 Å². The minimum absolute atomic E-state index is 0.00580. The lowest BCUT2D eigenvalue weighted by molar-refractivity contribution is -0.624. The maximum Gasteiger partial charge on any atom is 0.381 e. The van der Waals surface area contributed by atoms with E-state index < -0.39 is 21.9 Å². The van der Waals surface area contributed by atoms with Gasteiger partial charge in [0.25, 0.3) is 21.8 Å². The van der Waals surface area contributed by atoms with Crippen molar-refractivity contribution in [3.05, 3.63) is 108 Å². The first kappa shape index (κ1) is 31.1. The highest BCUT2D eigenvalue weighted by molar-refractivity contribution is 7.93. The van der Waals surface area contributed by atoms with Crippen LogP contribution in [0.25, 0.3) is 22.0 Å². The van der Waals surface area contributed by atoms with Gasteiger partial charge in [-0.2, -0.15) is 8.87 Å². The molecule has 48 heavy (non-hydrogen) atoms. The van der Waals surface area contributed by atoms with E-state index in [9.17, 15) is 22.8 Å². The number of para-hydroxylation sites is 1. The summed E-state index contributed by atoms with van der Waals surface area (Å²) in [6.07, 6.45) is 4.47.